The van der Waals surface area contributed by atoms with E-state index in [-0.39, 0.29) is 5.56 Å². The van der Waals surface area contributed by atoms with Crippen LogP contribution in [0.3, 0.4) is 0 Å². The number of nitrogens with zero attached hydrogens (tertiary/aromatic N) is 1. The van der Waals surface area contributed by atoms with E-state index in [9.17, 15) is 14.4 Å². The van der Waals surface area contributed by atoms with Crippen LogP contribution in [0.2, 0.25) is 10.0 Å². The molecule has 0 bridgehead atoms. The largest absolute Gasteiger partial charge is 0.465 e. The minimum absolute atomic E-state index is 0.299. The van der Waals surface area contributed by atoms with Gasteiger partial charge in [-0.3, -0.25) is 4.79 Å². The molecule has 1 aromatic heterocycles. The van der Waals surface area contributed by atoms with Crippen LogP contribution in [0.4, 0.5) is 16.2 Å². The Balaban J connectivity index is 1.54. The number of benzene rings is 3. The number of carbonyl (C=O) groups is 2. The van der Waals surface area contributed by atoms with Gasteiger partial charge in [0.1, 0.15) is 0 Å². The predicted octanol–water partition coefficient (Wildman–Crippen LogP) is 5.25. The van der Waals surface area contributed by atoms with Crippen LogP contribution in [0.1, 0.15) is 21.6 Å². The van der Waals surface area contributed by atoms with E-state index in [1.165, 1.54) is 13.2 Å². The highest BCUT2D eigenvalue weighted by molar-refractivity contribution is 6.36. The standard InChI is InChI=1S/C24H18Cl2N4O4/c1-34-23(32)14-4-2-13(3-5-14)10-21-17-8-7-16(12-18(17)22(31)30-29-21)27-24(33)28-20-9-6-15(25)11-19(20)26/h2-9,11-12H,10H2,1H3,(H,30,31)(H2,27,28,33). The molecule has 8 nitrogen and oxygen atoms in total. The summed E-state index contributed by atoms with van der Waals surface area (Å²) in [6.45, 7) is 0. The average Bonchev–Trinajstić information content (AvgIpc) is 2.83. The van der Waals surface area contributed by atoms with E-state index in [0.29, 0.717) is 49.9 Å². The van der Waals surface area contributed by atoms with Crippen molar-refractivity contribution in [2.24, 2.45) is 0 Å². The summed E-state index contributed by atoms with van der Waals surface area (Å²) >= 11 is 12.0. The summed E-state index contributed by atoms with van der Waals surface area (Å²) in [6.07, 6.45) is 0.428. The zero-order valence-electron chi connectivity index (χ0n) is 17.8. The molecule has 172 valence electrons. The number of nitrogens with one attached hydrogen (secondary N) is 3. The minimum Gasteiger partial charge on any atom is -0.465 e. The van der Waals surface area contributed by atoms with E-state index in [1.54, 1.807) is 54.6 Å². The zero-order chi connectivity index (χ0) is 24.2. The van der Waals surface area contributed by atoms with E-state index < -0.39 is 12.0 Å². The van der Waals surface area contributed by atoms with Gasteiger partial charge in [-0.2, -0.15) is 5.10 Å². The molecule has 0 radical (unpaired) electrons. The number of hydrogen-bond acceptors (Lipinski definition) is 5. The van der Waals surface area contributed by atoms with Gasteiger partial charge < -0.3 is 15.4 Å². The summed E-state index contributed by atoms with van der Waals surface area (Å²) in [4.78, 5) is 36.4. The number of fused-ring (bicyclic) bond motifs is 1. The third kappa shape index (κ3) is 5.19. The lowest BCUT2D eigenvalue weighted by Gasteiger charge is -2.11. The van der Waals surface area contributed by atoms with Gasteiger partial charge in [0, 0.05) is 22.5 Å². The highest BCUT2D eigenvalue weighted by Crippen LogP contribution is 2.26. The first-order valence-corrected chi connectivity index (χ1v) is 10.8. The molecule has 2 amide bonds. The van der Waals surface area contributed by atoms with Crippen LogP contribution in [-0.2, 0) is 11.2 Å². The van der Waals surface area contributed by atoms with E-state index in [2.05, 4.69) is 20.8 Å². The lowest BCUT2D eigenvalue weighted by molar-refractivity contribution is 0.0600. The van der Waals surface area contributed by atoms with Crippen molar-refractivity contribution in [3.8, 4) is 0 Å². The second kappa shape index (κ2) is 9.94. The molecule has 4 rings (SSSR count). The van der Waals surface area contributed by atoms with E-state index in [1.807, 2.05) is 0 Å². The van der Waals surface area contributed by atoms with Crippen molar-refractivity contribution < 1.29 is 14.3 Å². The summed E-state index contributed by atoms with van der Waals surface area (Å²) in [6, 6.07) is 16.1. The van der Waals surface area contributed by atoms with Gasteiger partial charge in [-0.25, -0.2) is 14.7 Å². The molecule has 0 saturated heterocycles. The summed E-state index contributed by atoms with van der Waals surface area (Å²) in [5.41, 5.74) is 2.41. The molecule has 3 aromatic carbocycles. The Morgan fingerprint density at radius 2 is 1.74 bits per heavy atom. The highest BCUT2D eigenvalue weighted by Gasteiger charge is 2.12. The van der Waals surface area contributed by atoms with E-state index in [4.69, 9.17) is 27.9 Å². The van der Waals surface area contributed by atoms with Gasteiger partial charge in [0.15, 0.2) is 0 Å². The highest BCUT2D eigenvalue weighted by atomic mass is 35.5. The number of aromatic amines is 1. The van der Waals surface area contributed by atoms with E-state index in [0.717, 1.165) is 5.56 Å². The number of hydrogen-bond donors (Lipinski definition) is 3. The third-order valence-corrected chi connectivity index (χ3v) is 5.60. The van der Waals surface area contributed by atoms with Crippen molar-refractivity contribution in [2.45, 2.75) is 6.42 Å². The van der Waals surface area contributed by atoms with Crippen LogP contribution in [0.25, 0.3) is 10.8 Å². The van der Waals surface area contributed by atoms with Crippen LogP contribution >= 0.6 is 23.2 Å². The zero-order valence-corrected chi connectivity index (χ0v) is 19.3. The van der Waals surface area contributed by atoms with Gasteiger partial charge in [-0.05, 0) is 48.0 Å². The molecule has 10 heteroatoms. The number of carbonyl (C=O) groups excluding carboxylic acids is 2. The number of H-pyrrole nitrogens is 1. The third-order valence-electron chi connectivity index (χ3n) is 5.05. The van der Waals surface area contributed by atoms with Gasteiger partial charge >= 0.3 is 12.0 Å². The summed E-state index contributed by atoms with van der Waals surface area (Å²) in [7, 11) is 1.33. The molecule has 0 spiro atoms. The van der Waals surface area contributed by atoms with Crippen LogP contribution in [0.5, 0.6) is 0 Å². The number of urea groups is 1. The van der Waals surface area contributed by atoms with Gasteiger partial charge in [0.05, 0.1) is 34.5 Å². The van der Waals surface area contributed by atoms with Gasteiger partial charge in [0.2, 0.25) is 0 Å². The molecule has 0 aliphatic rings. The molecule has 34 heavy (non-hydrogen) atoms. The van der Waals surface area contributed by atoms with Crippen LogP contribution < -0.4 is 16.2 Å². The van der Waals surface area contributed by atoms with Crippen molar-refractivity contribution >= 4 is 57.3 Å². The minimum atomic E-state index is -0.528. The number of aromatic nitrogens is 2. The maximum Gasteiger partial charge on any atom is 0.337 e. The summed E-state index contributed by atoms with van der Waals surface area (Å²) in [5.74, 6) is -0.415. The fraction of sp³-hybridized carbons (Fsp3) is 0.0833. The quantitative estimate of drug-likeness (QED) is 0.326. The SMILES string of the molecule is COC(=O)c1ccc(Cc2n[nH]c(=O)c3cc(NC(=O)Nc4ccc(Cl)cc4Cl)ccc23)cc1. The van der Waals surface area contributed by atoms with Crippen LogP contribution in [0.15, 0.2) is 65.5 Å². The lowest BCUT2D eigenvalue weighted by Crippen LogP contribution is -2.20. The number of anilines is 2. The van der Waals surface area contributed by atoms with Crippen molar-refractivity contribution in [3.63, 3.8) is 0 Å². The maximum atomic E-state index is 12.4. The first kappa shape index (κ1) is 23.3. The Morgan fingerprint density at radius 3 is 2.44 bits per heavy atom. The molecule has 1 heterocycles. The Morgan fingerprint density at radius 1 is 0.971 bits per heavy atom. The number of ether oxygens (including phenoxy) is 1. The first-order chi connectivity index (χ1) is 16.3. The number of amides is 2. The number of methoxy groups -OCH3 is 1. The predicted molar refractivity (Wildman–Crippen MR) is 132 cm³/mol. The smallest absolute Gasteiger partial charge is 0.337 e. The summed E-state index contributed by atoms with van der Waals surface area (Å²) in [5, 5.41) is 13.8. The average molecular weight is 497 g/mol. The fourth-order valence-corrected chi connectivity index (χ4v) is 3.84. The molecule has 0 aliphatic heterocycles. The Labute approximate surface area is 203 Å². The number of halogens is 2. The maximum absolute atomic E-state index is 12.4. The molecule has 0 saturated carbocycles. The topological polar surface area (TPSA) is 113 Å². The molecular weight excluding hydrogens is 479 g/mol. The Bertz CT molecular complexity index is 1450. The Kier molecular flexibility index (Phi) is 6.81. The molecule has 0 aliphatic carbocycles. The van der Waals surface area contributed by atoms with E-state index >= 15 is 0 Å². The second-order valence-corrected chi connectivity index (χ2v) is 8.17. The molecule has 4 aromatic rings. The Hall–Kier alpha value is -3.88. The van der Waals surface area contributed by atoms with Gasteiger partial charge in [-0.15, -0.1) is 0 Å². The van der Waals surface area contributed by atoms with Crippen molar-refractivity contribution in [3.05, 3.63) is 97.9 Å². The van der Waals surface area contributed by atoms with Crippen LogP contribution in [0, 0.1) is 0 Å². The lowest BCUT2D eigenvalue weighted by atomic mass is 10.0. The van der Waals surface area contributed by atoms with Crippen molar-refractivity contribution in [1.29, 1.82) is 0 Å². The van der Waals surface area contributed by atoms with Gasteiger partial charge in [0.25, 0.3) is 5.56 Å². The molecule has 0 fully saturated rings. The molecule has 3 N–H and O–H groups in total. The fourth-order valence-electron chi connectivity index (χ4n) is 3.38. The number of rotatable bonds is 5. The first-order valence-electron chi connectivity index (χ1n) is 10.1. The van der Waals surface area contributed by atoms with Crippen LogP contribution in [-0.4, -0.2) is 29.3 Å². The monoisotopic (exact) mass is 496 g/mol. The second-order valence-electron chi connectivity index (χ2n) is 7.33. The van der Waals surface area contributed by atoms with Gasteiger partial charge in [-0.1, -0.05) is 41.4 Å². The molecular formula is C24H18Cl2N4O4. The molecule has 0 unspecified atom stereocenters. The molecule has 0 atom stereocenters. The number of esters is 1. The van der Waals surface area contributed by atoms with Crippen molar-refractivity contribution in [1.82, 2.24) is 10.2 Å². The summed E-state index contributed by atoms with van der Waals surface area (Å²) < 4.78 is 4.71. The van der Waals surface area contributed by atoms with Crippen molar-refractivity contribution in [2.75, 3.05) is 17.7 Å². The normalized spacial score (nSPS) is 10.7.